The third-order valence-corrected chi connectivity index (χ3v) is 7.71. The van der Waals surface area contributed by atoms with Crippen LogP contribution in [0, 0.1) is 0 Å². The molecule has 9 heteroatoms. The van der Waals surface area contributed by atoms with Gasteiger partial charge in [-0.3, -0.25) is 4.21 Å². The van der Waals surface area contributed by atoms with Gasteiger partial charge in [0.15, 0.2) is 0 Å². The number of aliphatic carboxylic acids is 1. The zero-order valence-corrected chi connectivity index (χ0v) is 24.1. The number of nitrogens with zero attached hydrogens (tertiary/aromatic N) is 1. The summed E-state index contributed by atoms with van der Waals surface area (Å²) in [7, 11) is 0.384. The number of aryl methyl sites for hydroxylation is 1. The first kappa shape index (κ1) is 31.5. The van der Waals surface area contributed by atoms with E-state index < -0.39 is 22.7 Å². The largest absolute Gasteiger partial charge is 0.497 e. The number of hydrogen-bond donors (Lipinski definition) is 2. The van der Waals surface area contributed by atoms with Gasteiger partial charge in [-0.2, -0.15) is 0 Å². The van der Waals surface area contributed by atoms with Crippen LogP contribution in [0.1, 0.15) is 71.4 Å². The van der Waals surface area contributed by atoms with Gasteiger partial charge in [-0.1, -0.05) is 49.9 Å². The topological polar surface area (TPSA) is 123 Å². The van der Waals surface area contributed by atoms with Crippen LogP contribution in [0.15, 0.2) is 66.7 Å². The lowest BCUT2D eigenvalue weighted by atomic mass is 10.0. The zero-order valence-electron chi connectivity index (χ0n) is 23.3. The number of aromatic carboxylic acids is 1. The van der Waals surface area contributed by atoms with Crippen molar-refractivity contribution in [2.24, 2.45) is 0 Å². The first-order chi connectivity index (χ1) is 19.8. The lowest BCUT2D eigenvalue weighted by molar-refractivity contribution is -0.131. The monoisotopic (exact) mass is 579 g/mol. The molecule has 3 aromatic rings. The van der Waals surface area contributed by atoms with Crippen molar-refractivity contribution in [2.45, 2.75) is 56.5 Å². The van der Waals surface area contributed by atoms with Gasteiger partial charge in [0.25, 0.3) is 0 Å². The molecule has 2 N–H and O–H groups in total. The van der Waals surface area contributed by atoms with Gasteiger partial charge in [-0.15, -0.1) is 0 Å². The lowest BCUT2D eigenvalue weighted by Gasteiger charge is -2.11. The van der Waals surface area contributed by atoms with E-state index in [9.17, 15) is 13.8 Å². The van der Waals surface area contributed by atoms with E-state index in [-0.39, 0.29) is 17.1 Å². The number of pyridine rings is 1. The highest BCUT2D eigenvalue weighted by atomic mass is 32.2. The Morgan fingerprint density at radius 1 is 0.829 bits per heavy atom. The van der Waals surface area contributed by atoms with Crippen LogP contribution in [0.2, 0.25) is 0 Å². The van der Waals surface area contributed by atoms with E-state index in [0.717, 1.165) is 49.5 Å². The van der Waals surface area contributed by atoms with Crippen LogP contribution in [0.5, 0.6) is 11.5 Å². The molecule has 0 aliphatic rings. The molecule has 41 heavy (non-hydrogen) atoms. The van der Waals surface area contributed by atoms with Crippen molar-refractivity contribution in [3.05, 3.63) is 94.8 Å². The summed E-state index contributed by atoms with van der Waals surface area (Å²) in [5.41, 5.74) is 3.19. The molecular weight excluding hydrogens is 542 g/mol. The van der Waals surface area contributed by atoms with E-state index in [0.29, 0.717) is 23.7 Å². The maximum absolute atomic E-state index is 12.7. The van der Waals surface area contributed by atoms with Gasteiger partial charge in [0.2, 0.25) is 0 Å². The van der Waals surface area contributed by atoms with Gasteiger partial charge < -0.3 is 19.7 Å². The average molecular weight is 580 g/mol. The lowest BCUT2D eigenvalue weighted by Crippen LogP contribution is -2.05. The van der Waals surface area contributed by atoms with Gasteiger partial charge in [-0.05, 0) is 72.9 Å². The number of unbranched alkanes of at least 4 members (excludes halogenated alkanes) is 5. The number of carbonyl (C=O) groups is 2. The van der Waals surface area contributed by atoms with Gasteiger partial charge in [0, 0.05) is 22.6 Å². The number of benzene rings is 2. The average Bonchev–Trinajstić information content (AvgIpc) is 2.96. The second-order valence-corrected chi connectivity index (χ2v) is 11.1. The predicted molar refractivity (Wildman–Crippen MR) is 160 cm³/mol. The minimum Gasteiger partial charge on any atom is -0.497 e. The van der Waals surface area contributed by atoms with Crippen LogP contribution in [0.4, 0.5) is 0 Å². The van der Waals surface area contributed by atoms with Crippen molar-refractivity contribution in [1.82, 2.24) is 4.98 Å². The van der Waals surface area contributed by atoms with Gasteiger partial charge >= 0.3 is 11.9 Å². The highest BCUT2D eigenvalue weighted by Gasteiger charge is 2.10. The van der Waals surface area contributed by atoms with Gasteiger partial charge in [0.1, 0.15) is 17.2 Å². The SMILES string of the molecule is COc1ccc(CCCCCCCCOc2ccc(CS(=O)Cc3ccc(C(=O)O)cc3)nc2C=CC(=O)O)cc1. The van der Waals surface area contributed by atoms with Gasteiger partial charge in [-0.25, -0.2) is 14.6 Å². The second-order valence-electron chi connectivity index (χ2n) is 9.66. The summed E-state index contributed by atoms with van der Waals surface area (Å²) in [4.78, 5) is 26.6. The molecule has 0 radical (unpaired) electrons. The maximum atomic E-state index is 12.7. The molecule has 0 fully saturated rings. The molecule has 218 valence electrons. The molecule has 0 amide bonds. The number of carboxylic acids is 2. The molecule has 1 aromatic heterocycles. The molecule has 0 spiro atoms. The number of rotatable bonds is 18. The molecule has 1 atom stereocenters. The molecule has 3 rings (SSSR count). The minimum absolute atomic E-state index is 0.174. The fourth-order valence-corrected chi connectivity index (χ4v) is 5.39. The first-order valence-electron chi connectivity index (χ1n) is 13.7. The summed E-state index contributed by atoms with van der Waals surface area (Å²) in [5.74, 6) is -0.315. The third-order valence-electron chi connectivity index (χ3n) is 6.44. The van der Waals surface area contributed by atoms with E-state index in [1.165, 1.54) is 36.6 Å². The number of ether oxygens (including phenoxy) is 2. The predicted octanol–water partition coefficient (Wildman–Crippen LogP) is 6.30. The van der Waals surface area contributed by atoms with Crippen LogP contribution in [-0.4, -0.2) is 45.1 Å². The van der Waals surface area contributed by atoms with Crippen LogP contribution in [-0.2, 0) is 33.5 Å². The second kappa shape index (κ2) is 17.0. The highest BCUT2D eigenvalue weighted by molar-refractivity contribution is 7.83. The molecule has 0 saturated carbocycles. The van der Waals surface area contributed by atoms with Crippen molar-refractivity contribution in [2.75, 3.05) is 13.7 Å². The van der Waals surface area contributed by atoms with E-state index >= 15 is 0 Å². The molecule has 8 nitrogen and oxygen atoms in total. The summed E-state index contributed by atoms with van der Waals surface area (Å²) in [6, 6.07) is 18.0. The summed E-state index contributed by atoms with van der Waals surface area (Å²) >= 11 is 0. The molecule has 1 unspecified atom stereocenters. The van der Waals surface area contributed by atoms with Crippen molar-refractivity contribution in [3.63, 3.8) is 0 Å². The summed E-state index contributed by atoms with van der Waals surface area (Å²) in [5, 5.41) is 18.1. The van der Waals surface area contributed by atoms with E-state index in [1.807, 2.05) is 12.1 Å². The normalized spacial score (nSPS) is 11.8. The number of aromatic nitrogens is 1. The summed E-state index contributed by atoms with van der Waals surface area (Å²) < 4.78 is 23.8. The van der Waals surface area contributed by atoms with Crippen molar-refractivity contribution < 1.29 is 33.5 Å². The molecule has 0 aliphatic carbocycles. The Hall–Kier alpha value is -3.98. The smallest absolute Gasteiger partial charge is 0.335 e. The van der Waals surface area contributed by atoms with Crippen LogP contribution < -0.4 is 9.47 Å². The van der Waals surface area contributed by atoms with Crippen molar-refractivity contribution in [1.29, 1.82) is 0 Å². The highest BCUT2D eigenvalue weighted by Crippen LogP contribution is 2.21. The fraction of sp³-hybridized carbons (Fsp3) is 0.344. The Bertz CT molecular complexity index is 1320. The summed E-state index contributed by atoms with van der Waals surface area (Å²) in [6.45, 7) is 0.499. The quantitative estimate of drug-likeness (QED) is 0.133. The molecular formula is C32H37NO7S. The summed E-state index contributed by atoms with van der Waals surface area (Å²) in [6.07, 6.45) is 10.0. The van der Waals surface area contributed by atoms with Gasteiger partial charge in [0.05, 0.1) is 30.7 Å². The van der Waals surface area contributed by atoms with E-state index in [1.54, 1.807) is 31.4 Å². The fourth-order valence-electron chi connectivity index (χ4n) is 4.23. The maximum Gasteiger partial charge on any atom is 0.335 e. The zero-order chi connectivity index (χ0) is 29.5. The molecule has 2 aromatic carbocycles. The Morgan fingerprint density at radius 2 is 1.49 bits per heavy atom. The Labute approximate surface area is 243 Å². The molecule has 0 aliphatic heterocycles. The first-order valence-corrected chi connectivity index (χ1v) is 15.2. The number of methoxy groups -OCH3 is 1. The van der Waals surface area contributed by atoms with Crippen LogP contribution in [0.3, 0.4) is 0 Å². The third kappa shape index (κ3) is 11.6. The van der Waals surface area contributed by atoms with Crippen LogP contribution >= 0.6 is 0 Å². The minimum atomic E-state index is -1.29. The molecule has 1 heterocycles. The van der Waals surface area contributed by atoms with E-state index in [2.05, 4.69) is 17.1 Å². The Kier molecular flexibility index (Phi) is 13.1. The molecule has 0 bridgehead atoms. The number of carboxylic acid groups (broad SMARTS) is 2. The Morgan fingerprint density at radius 3 is 2.15 bits per heavy atom. The number of hydrogen-bond acceptors (Lipinski definition) is 6. The van der Waals surface area contributed by atoms with Crippen LogP contribution in [0.25, 0.3) is 6.08 Å². The van der Waals surface area contributed by atoms with E-state index in [4.69, 9.17) is 19.7 Å². The van der Waals surface area contributed by atoms with Crippen molar-refractivity contribution in [3.8, 4) is 11.5 Å². The van der Waals surface area contributed by atoms with Crippen molar-refractivity contribution >= 4 is 28.8 Å². The Balaban J connectivity index is 1.42. The molecule has 0 saturated heterocycles. The standard InChI is InChI=1S/C32H37NO7S/c1-39-28-16-11-24(12-17-28)8-6-4-2-3-5-7-21-40-30-19-15-27(33-29(30)18-20-31(34)35)23-41(38)22-25-9-13-26(14-10-25)32(36)37/h9-20H,2-8,21-23H2,1H3,(H,34,35)(H,36,37).